The maximum atomic E-state index is 12.7. The molecule has 0 radical (unpaired) electrons. The van der Waals surface area contributed by atoms with Gasteiger partial charge in [0, 0.05) is 36.6 Å². The second kappa shape index (κ2) is 6.89. The van der Waals surface area contributed by atoms with Crippen molar-refractivity contribution in [1.82, 2.24) is 20.1 Å². The number of carbonyl (C=O) groups is 1. The third-order valence-corrected chi connectivity index (χ3v) is 4.64. The van der Waals surface area contributed by atoms with E-state index in [1.807, 2.05) is 41.3 Å². The van der Waals surface area contributed by atoms with Gasteiger partial charge in [0.05, 0.1) is 11.4 Å². The summed E-state index contributed by atoms with van der Waals surface area (Å²) >= 11 is 0. The number of aromatic amines is 1. The van der Waals surface area contributed by atoms with Crippen molar-refractivity contribution in [1.29, 1.82) is 0 Å². The topological polar surface area (TPSA) is 61.9 Å². The number of amides is 1. The highest BCUT2D eigenvalue weighted by atomic mass is 16.2. The summed E-state index contributed by atoms with van der Waals surface area (Å²) in [6.07, 6.45) is 6.86. The lowest BCUT2D eigenvalue weighted by molar-refractivity contribution is 0.0724. The highest BCUT2D eigenvalue weighted by molar-refractivity contribution is 5.95. The lowest BCUT2D eigenvalue weighted by atomic mass is 10.0. The number of nitrogens with zero attached hydrogens (tertiary/aromatic N) is 3. The maximum absolute atomic E-state index is 12.7. The fourth-order valence-electron chi connectivity index (χ4n) is 3.24. The van der Waals surface area contributed by atoms with E-state index < -0.39 is 0 Å². The molecule has 2 aromatic heterocycles. The Bertz CT molecular complexity index is 850. The number of piperidine rings is 1. The molecular weight excluding hydrogens is 312 g/mol. The first-order valence-corrected chi connectivity index (χ1v) is 8.67. The van der Waals surface area contributed by atoms with Crippen LogP contribution in [0.25, 0.3) is 22.5 Å². The summed E-state index contributed by atoms with van der Waals surface area (Å²) in [6.45, 7) is 1.71. The van der Waals surface area contributed by atoms with E-state index in [9.17, 15) is 4.79 Å². The van der Waals surface area contributed by atoms with Gasteiger partial charge in [0.1, 0.15) is 0 Å². The summed E-state index contributed by atoms with van der Waals surface area (Å²) in [5.74, 6) is 0.109. The Morgan fingerprint density at radius 1 is 0.920 bits per heavy atom. The van der Waals surface area contributed by atoms with Gasteiger partial charge in [-0.25, -0.2) is 0 Å². The minimum atomic E-state index is 0.109. The second-order valence-electron chi connectivity index (χ2n) is 6.33. The molecule has 1 amide bonds. The molecule has 5 nitrogen and oxygen atoms in total. The third kappa shape index (κ3) is 3.31. The molecular formula is C20H20N4O. The number of likely N-dealkylation sites (tertiary alicyclic amines) is 1. The van der Waals surface area contributed by atoms with Gasteiger partial charge in [-0.05, 0) is 43.0 Å². The molecule has 1 aromatic carbocycles. The minimum Gasteiger partial charge on any atom is -0.339 e. The molecule has 126 valence electrons. The van der Waals surface area contributed by atoms with E-state index in [-0.39, 0.29) is 5.91 Å². The molecule has 1 N–H and O–H groups in total. The molecule has 1 fully saturated rings. The summed E-state index contributed by atoms with van der Waals surface area (Å²) in [5, 5.41) is 6.93. The first kappa shape index (κ1) is 15.6. The Kier molecular flexibility index (Phi) is 4.29. The molecule has 3 aromatic rings. The van der Waals surface area contributed by atoms with Gasteiger partial charge in [-0.15, -0.1) is 0 Å². The zero-order valence-electron chi connectivity index (χ0n) is 14.0. The molecule has 0 atom stereocenters. The molecule has 25 heavy (non-hydrogen) atoms. The van der Waals surface area contributed by atoms with E-state index in [2.05, 4.69) is 15.2 Å². The van der Waals surface area contributed by atoms with Crippen LogP contribution < -0.4 is 0 Å². The molecule has 0 unspecified atom stereocenters. The van der Waals surface area contributed by atoms with Gasteiger partial charge in [-0.2, -0.15) is 5.10 Å². The number of nitrogens with one attached hydrogen (secondary N) is 1. The number of aromatic nitrogens is 3. The minimum absolute atomic E-state index is 0.109. The summed E-state index contributed by atoms with van der Waals surface area (Å²) in [4.78, 5) is 19.1. The van der Waals surface area contributed by atoms with E-state index in [4.69, 9.17) is 0 Å². The predicted octanol–water partition coefficient (Wildman–Crippen LogP) is 3.76. The van der Waals surface area contributed by atoms with Crippen molar-refractivity contribution in [2.24, 2.45) is 0 Å². The number of hydrogen-bond acceptors (Lipinski definition) is 3. The van der Waals surface area contributed by atoms with Crippen LogP contribution in [-0.4, -0.2) is 39.1 Å². The fourth-order valence-corrected chi connectivity index (χ4v) is 3.24. The molecule has 1 aliphatic rings. The monoisotopic (exact) mass is 332 g/mol. The molecule has 0 spiro atoms. The SMILES string of the molecule is O=C(c1ccnc(-c2ccc(-c3ccn[nH]3)cc2)c1)N1CCCCC1. The van der Waals surface area contributed by atoms with Crippen molar-refractivity contribution >= 4 is 5.91 Å². The number of H-pyrrole nitrogens is 1. The molecule has 0 aliphatic carbocycles. The van der Waals surface area contributed by atoms with Crippen LogP contribution in [0.4, 0.5) is 0 Å². The highest BCUT2D eigenvalue weighted by Crippen LogP contribution is 2.23. The molecule has 5 heteroatoms. The number of pyridine rings is 1. The normalized spacial score (nSPS) is 14.5. The molecule has 1 aliphatic heterocycles. The number of rotatable bonds is 3. The van der Waals surface area contributed by atoms with E-state index in [1.54, 1.807) is 18.5 Å². The van der Waals surface area contributed by atoms with Crippen LogP contribution in [0.1, 0.15) is 29.6 Å². The Labute approximate surface area is 146 Å². The van der Waals surface area contributed by atoms with Crippen molar-refractivity contribution in [2.75, 3.05) is 13.1 Å². The highest BCUT2D eigenvalue weighted by Gasteiger charge is 2.18. The zero-order chi connectivity index (χ0) is 17.1. The quantitative estimate of drug-likeness (QED) is 0.794. The average molecular weight is 332 g/mol. The summed E-state index contributed by atoms with van der Waals surface area (Å²) < 4.78 is 0. The van der Waals surface area contributed by atoms with Crippen molar-refractivity contribution in [3.8, 4) is 22.5 Å². The smallest absolute Gasteiger partial charge is 0.253 e. The van der Waals surface area contributed by atoms with Crippen LogP contribution in [0.15, 0.2) is 54.9 Å². The van der Waals surface area contributed by atoms with Crippen LogP contribution in [-0.2, 0) is 0 Å². The Morgan fingerprint density at radius 2 is 1.68 bits per heavy atom. The van der Waals surface area contributed by atoms with Crippen LogP contribution >= 0.6 is 0 Å². The Balaban J connectivity index is 1.57. The average Bonchev–Trinajstić information content (AvgIpc) is 3.23. The lowest BCUT2D eigenvalue weighted by Crippen LogP contribution is -2.35. The van der Waals surface area contributed by atoms with E-state index in [0.29, 0.717) is 5.56 Å². The van der Waals surface area contributed by atoms with Crippen molar-refractivity contribution < 1.29 is 4.79 Å². The number of hydrogen-bond donors (Lipinski definition) is 1. The van der Waals surface area contributed by atoms with Gasteiger partial charge in [-0.3, -0.25) is 14.9 Å². The first-order valence-electron chi connectivity index (χ1n) is 8.67. The molecule has 3 heterocycles. The molecule has 4 rings (SSSR count). The molecule has 1 saturated heterocycles. The van der Waals surface area contributed by atoms with Gasteiger partial charge < -0.3 is 4.90 Å². The van der Waals surface area contributed by atoms with Crippen molar-refractivity contribution in [2.45, 2.75) is 19.3 Å². The van der Waals surface area contributed by atoms with Crippen LogP contribution in [0.3, 0.4) is 0 Å². The van der Waals surface area contributed by atoms with E-state index in [1.165, 1.54) is 6.42 Å². The number of carbonyl (C=O) groups excluding carboxylic acids is 1. The summed E-state index contributed by atoms with van der Waals surface area (Å²) in [6, 6.07) is 13.7. The Morgan fingerprint density at radius 3 is 2.40 bits per heavy atom. The Hall–Kier alpha value is -2.95. The van der Waals surface area contributed by atoms with Gasteiger partial charge in [0.15, 0.2) is 0 Å². The van der Waals surface area contributed by atoms with Gasteiger partial charge >= 0.3 is 0 Å². The predicted molar refractivity (Wildman–Crippen MR) is 97.0 cm³/mol. The molecule has 0 saturated carbocycles. The van der Waals surface area contributed by atoms with Crippen LogP contribution in [0.2, 0.25) is 0 Å². The maximum Gasteiger partial charge on any atom is 0.253 e. The van der Waals surface area contributed by atoms with Crippen LogP contribution in [0.5, 0.6) is 0 Å². The van der Waals surface area contributed by atoms with Gasteiger partial charge in [0.25, 0.3) is 5.91 Å². The summed E-state index contributed by atoms with van der Waals surface area (Å²) in [7, 11) is 0. The van der Waals surface area contributed by atoms with Gasteiger partial charge in [-0.1, -0.05) is 24.3 Å². The van der Waals surface area contributed by atoms with E-state index in [0.717, 1.165) is 48.4 Å². The second-order valence-corrected chi connectivity index (χ2v) is 6.33. The zero-order valence-corrected chi connectivity index (χ0v) is 14.0. The lowest BCUT2D eigenvalue weighted by Gasteiger charge is -2.26. The van der Waals surface area contributed by atoms with Crippen LogP contribution in [0, 0.1) is 0 Å². The number of benzene rings is 1. The van der Waals surface area contributed by atoms with Gasteiger partial charge in [0.2, 0.25) is 0 Å². The largest absolute Gasteiger partial charge is 0.339 e. The first-order chi connectivity index (χ1) is 12.3. The van der Waals surface area contributed by atoms with Crippen molar-refractivity contribution in [3.63, 3.8) is 0 Å². The summed E-state index contributed by atoms with van der Waals surface area (Å²) in [5.41, 5.74) is 4.58. The van der Waals surface area contributed by atoms with E-state index >= 15 is 0 Å². The fraction of sp³-hybridized carbons (Fsp3) is 0.250. The van der Waals surface area contributed by atoms with Crippen molar-refractivity contribution in [3.05, 3.63) is 60.4 Å². The third-order valence-electron chi connectivity index (χ3n) is 4.64. The molecule has 0 bridgehead atoms. The standard InChI is InChI=1S/C20H20N4O/c25-20(24-12-2-1-3-13-24)17-8-10-21-19(14-17)16-6-4-15(5-7-16)18-9-11-22-23-18/h4-11,14H,1-3,12-13H2,(H,22,23).